The highest BCUT2D eigenvalue weighted by molar-refractivity contribution is 5.92. The Hall–Kier alpha value is -2.18. The van der Waals surface area contributed by atoms with Crippen molar-refractivity contribution in [2.24, 2.45) is 17.8 Å². The molecule has 4 rings (SSSR count). The van der Waals surface area contributed by atoms with Crippen LogP contribution in [0.1, 0.15) is 35.6 Å². The summed E-state index contributed by atoms with van der Waals surface area (Å²) >= 11 is 0. The molecule has 2 heterocycles. The van der Waals surface area contributed by atoms with E-state index in [4.69, 9.17) is 0 Å². The Kier molecular flexibility index (Phi) is 3.25. The van der Waals surface area contributed by atoms with E-state index in [1.165, 1.54) is 6.07 Å². The minimum Gasteiger partial charge on any atom is -0.352 e. The van der Waals surface area contributed by atoms with Crippen molar-refractivity contribution in [3.8, 4) is 0 Å². The maximum atomic E-state index is 12.4. The minimum absolute atomic E-state index is 0.181. The number of hydrogen-bond acceptors (Lipinski definition) is 4. The van der Waals surface area contributed by atoms with Gasteiger partial charge >= 0.3 is 0 Å². The molecule has 1 aromatic heterocycles. The van der Waals surface area contributed by atoms with Gasteiger partial charge in [0.15, 0.2) is 0 Å². The summed E-state index contributed by atoms with van der Waals surface area (Å²) in [6, 6.07) is 1.47. The van der Waals surface area contributed by atoms with Gasteiger partial charge in [0.1, 0.15) is 11.5 Å². The van der Waals surface area contributed by atoms with E-state index in [9.17, 15) is 14.4 Å². The number of likely N-dealkylation sites (tertiary alicyclic amines) is 1. The van der Waals surface area contributed by atoms with Gasteiger partial charge in [-0.15, -0.1) is 0 Å². The van der Waals surface area contributed by atoms with Crippen LogP contribution in [0.2, 0.25) is 0 Å². The molecule has 7 nitrogen and oxygen atoms in total. The average molecular weight is 316 g/mol. The van der Waals surface area contributed by atoms with Gasteiger partial charge in [-0.05, 0) is 19.8 Å². The minimum atomic E-state index is -0.309. The number of piperidine rings is 1. The molecule has 2 aliphatic carbocycles. The highest BCUT2D eigenvalue weighted by Gasteiger charge is 2.57. The molecule has 3 atom stereocenters. The first kappa shape index (κ1) is 14.4. The fourth-order valence-electron chi connectivity index (χ4n) is 3.71. The van der Waals surface area contributed by atoms with E-state index in [1.807, 2.05) is 0 Å². The van der Waals surface area contributed by atoms with Crippen LogP contribution in [0.4, 0.5) is 0 Å². The third kappa shape index (κ3) is 2.54. The summed E-state index contributed by atoms with van der Waals surface area (Å²) in [5, 5.41) is 3.13. The van der Waals surface area contributed by atoms with E-state index >= 15 is 0 Å². The first-order chi connectivity index (χ1) is 11.0. The predicted octanol–water partition coefficient (Wildman–Crippen LogP) is 0.0650. The van der Waals surface area contributed by atoms with Crippen LogP contribution < -0.4 is 10.9 Å². The Morgan fingerprint density at radius 1 is 1.30 bits per heavy atom. The van der Waals surface area contributed by atoms with Crippen molar-refractivity contribution in [2.75, 3.05) is 13.1 Å². The van der Waals surface area contributed by atoms with Crippen molar-refractivity contribution in [3.05, 3.63) is 27.9 Å². The van der Waals surface area contributed by atoms with E-state index in [2.05, 4.69) is 15.3 Å². The molecule has 1 aromatic rings. The number of fused-ring (bicyclic) bond motifs is 1. The molecule has 7 heteroatoms. The normalized spacial score (nSPS) is 28.9. The summed E-state index contributed by atoms with van der Waals surface area (Å²) in [5.41, 5.74) is -0.113. The molecule has 1 saturated heterocycles. The topological polar surface area (TPSA) is 95.2 Å². The highest BCUT2D eigenvalue weighted by Crippen LogP contribution is 2.46. The lowest BCUT2D eigenvalue weighted by atomic mass is 9.85. The van der Waals surface area contributed by atoms with E-state index in [-0.39, 0.29) is 35.0 Å². The average Bonchev–Trinajstić information content (AvgIpc) is 2.89. The Bertz CT molecular complexity index is 712. The summed E-state index contributed by atoms with van der Waals surface area (Å²) in [7, 11) is 0. The number of aryl methyl sites for hydroxylation is 1. The molecule has 122 valence electrons. The molecule has 2 saturated carbocycles. The lowest BCUT2D eigenvalue weighted by Crippen LogP contribution is -2.41. The van der Waals surface area contributed by atoms with Gasteiger partial charge in [0.2, 0.25) is 5.91 Å². The van der Waals surface area contributed by atoms with Crippen LogP contribution >= 0.6 is 0 Å². The molecule has 1 aliphatic heterocycles. The third-order valence-electron chi connectivity index (χ3n) is 5.35. The zero-order valence-electron chi connectivity index (χ0n) is 13.0. The van der Waals surface area contributed by atoms with Crippen molar-refractivity contribution in [3.63, 3.8) is 0 Å². The van der Waals surface area contributed by atoms with E-state index < -0.39 is 0 Å². The maximum absolute atomic E-state index is 12.4. The Labute approximate surface area is 133 Å². The fourth-order valence-corrected chi connectivity index (χ4v) is 3.71. The van der Waals surface area contributed by atoms with Gasteiger partial charge in [-0.1, -0.05) is 6.42 Å². The molecule has 1 unspecified atom stereocenters. The predicted molar refractivity (Wildman–Crippen MR) is 81.7 cm³/mol. The fraction of sp³-hybridized carbons (Fsp3) is 0.625. The summed E-state index contributed by atoms with van der Waals surface area (Å²) in [5.74, 6) is 1.33. The van der Waals surface area contributed by atoms with Crippen LogP contribution in [0.25, 0.3) is 0 Å². The molecular weight excluding hydrogens is 296 g/mol. The van der Waals surface area contributed by atoms with Crippen molar-refractivity contribution < 1.29 is 9.59 Å². The number of hydrogen-bond donors (Lipinski definition) is 2. The van der Waals surface area contributed by atoms with Gasteiger partial charge in [-0.25, -0.2) is 4.98 Å². The molecule has 0 spiro atoms. The number of aromatic amines is 1. The number of aromatic nitrogens is 2. The molecule has 0 aromatic carbocycles. The number of nitrogens with one attached hydrogen (secondary N) is 2. The zero-order valence-corrected chi connectivity index (χ0v) is 13.0. The monoisotopic (exact) mass is 316 g/mol. The lowest BCUT2D eigenvalue weighted by Gasteiger charge is -2.25. The van der Waals surface area contributed by atoms with E-state index in [0.717, 1.165) is 19.3 Å². The van der Waals surface area contributed by atoms with Gasteiger partial charge in [0.25, 0.3) is 11.5 Å². The number of carbonyl (C=O) groups is 2. The number of amides is 2. The van der Waals surface area contributed by atoms with Crippen LogP contribution in [0.5, 0.6) is 0 Å². The summed E-state index contributed by atoms with van der Waals surface area (Å²) in [4.78, 5) is 44.3. The van der Waals surface area contributed by atoms with Gasteiger partial charge in [-0.3, -0.25) is 14.4 Å². The van der Waals surface area contributed by atoms with Crippen LogP contribution in [0.15, 0.2) is 10.9 Å². The SMILES string of the molecule is Cc1nc(C(=O)N2C[C@@H]3C(NC(=O)C4CCC4)[C@@H]3C2)cc(=O)[nH]1. The Morgan fingerprint density at radius 3 is 2.57 bits per heavy atom. The molecule has 0 radical (unpaired) electrons. The molecule has 2 amide bonds. The highest BCUT2D eigenvalue weighted by atomic mass is 16.2. The maximum Gasteiger partial charge on any atom is 0.272 e. The van der Waals surface area contributed by atoms with Crippen LogP contribution in [0.3, 0.4) is 0 Å². The number of rotatable bonds is 3. The summed E-state index contributed by atoms with van der Waals surface area (Å²) in [6.45, 7) is 2.92. The van der Waals surface area contributed by atoms with Crippen molar-refractivity contribution in [2.45, 2.75) is 32.2 Å². The Morgan fingerprint density at radius 2 is 2.00 bits per heavy atom. The third-order valence-corrected chi connectivity index (χ3v) is 5.35. The molecule has 0 bridgehead atoms. The smallest absolute Gasteiger partial charge is 0.272 e. The van der Waals surface area contributed by atoms with Gasteiger partial charge < -0.3 is 15.2 Å². The van der Waals surface area contributed by atoms with Gasteiger partial charge in [-0.2, -0.15) is 0 Å². The number of H-pyrrole nitrogens is 1. The molecule has 23 heavy (non-hydrogen) atoms. The van der Waals surface area contributed by atoms with Gasteiger partial charge in [0.05, 0.1) is 0 Å². The van der Waals surface area contributed by atoms with E-state index in [0.29, 0.717) is 30.7 Å². The second-order valence-electron chi connectivity index (χ2n) is 6.92. The molecule has 3 aliphatic rings. The number of carbonyl (C=O) groups excluding carboxylic acids is 2. The van der Waals surface area contributed by atoms with E-state index in [1.54, 1.807) is 11.8 Å². The first-order valence-electron chi connectivity index (χ1n) is 8.20. The van der Waals surface area contributed by atoms with Crippen LogP contribution in [-0.4, -0.2) is 45.8 Å². The first-order valence-corrected chi connectivity index (χ1v) is 8.20. The van der Waals surface area contributed by atoms with Crippen molar-refractivity contribution in [1.29, 1.82) is 0 Å². The van der Waals surface area contributed by atoms with Crippen LogP contribution in [0, 0.1) is 24.7 Å². The Balaban J connectivity index is 1.35. The zero-order chi connectivity index (χ0) is 16.1. The summed E-state index contributed by atoms with van der Waals surface area (Å²) in [6.07, 6.45) is 3.17. The molecule has 3 fully saturated rings. The number of nitrogens with zero attached hydrogens (tertiary/aromatic N) is 2. The quantitative estimate of drug-likeness (QED) is 0.824. The van der Waals surface area contributed by atoms with Crippen LogP contribution in [-0.2, 0) is 4.79 Å². The van der Waals surface area contributed by atoms with Crippen molar-refractivity contribution >= 4 is 11.8 Å². The standard InChI is InChI=1S/C16H20N4O3/c1-8-17-12(5-13(21)18-8)16(23)20-6-10-11(7-20)14(10)19-15(22)9-3-2-4-9/h5,9-11,14H,2-4,6-7H2,1H3,(H,19,22)(H,17,18,21)/t10-,11+,14?. The molecule has 2 N–H and O–H groups in total. The van der Waals surface area contributed by atoms with Gasteiger partial charge in [0, 0.05) is 43.0 Å². The molecular formula is C16H20N4O3. The lowest BCUT2D eigenvalue weighted by molar-refractivity contribution is -0.127. The summed E-state index contributed by atoms with van der Waals surface area (Å²) < 4.78 is 0. The second kappa shape index (κ2) is 5.18. The second-order valence-corrected chi connectivity index (χ2v) is 6.92. The largest absolute Gasteiger partial charge is 0.352 e. The van der Waals surface area contributed by atoms with Crippen molar-refractivity contribution in [1.82, 2.24) is 20.2 Å².